The van der Waals surface area contributed by atoms with Gasteiger partial charge in [0.15, 0.2) is 5.96 Å². The van der Waals surface area contributed by atoms with Gasteiger partial charge in [-0.3, -0.25) is 0 Å². The van der Waals surface area contributed by atoms with Crippen LogP contribution in [-0.2, 0) is 6.54 Å². The molecule has 2 aromatic rings. The summed E-state index contributed by atoms with van der Waals surface area (Å²) in [5, 5.41) is 12.2. The Morgan fingerprint density at radius 2 is 2.00 bits per heavy atom. The molecular weight excluding hydrogens is 254 g/mol. The van der Waals surface area contributed by atoms with Crippen molar-refractivity contribution in [2.45, 2.75) is 6.54 Å². The lowest BCUT2D eigenvalue weighted by Crippen LogP contribution is -2.22. The molecule has 0 amide bonds. The second-order valence-corrected chi connectivity index (χ2v) is 4.22. The van der Waals surface area contributed by atoms with Crippen LogP contribution in [0.5, 0.6) is 11.5 Å². The Hall–Kier alpha value is -2.69. The highest BCUT2D eigenvalue weighted by molar-refractivity contribution is 5.92. The normalized spacial score (nSPS) is 11.2. The number of phenols is 1. The summed E-state index contributed by atoms with van der Waals surface area (Å²) in [6.07, 6.45) is 0. The van der Waals surface area contributed by atoms with Gasteiger partial charge in [-0.15, -0.1) is 0 Å². The van der Waals surface area contributed by atoms with Gasteiger partial charge in [-0.1, -0.05) is 18.2 Å². The van der Waals surface area contributed by atoms with E-state index in [1.807, 2.05) is 24.3 Å². The van der Waals surface area contributed by atoms with Crippen molar-refractivity contribution in [3.05, 3.63) is 54.1 Å². The van der Waals surface area contributed by atoms with Gasteiger partial charge >= 0.3 is 0 Å². The second kappa shape index (κ2) is 6.47. The molecule has 0 aromatic heterocycles. The number of aromatic hydroxyl groups is 1. The SMILES string of the molecule is COc1cccc(NC(N)=NCc2ccc(O)cc2)c1. The summed E-state index contributed by atoms with van der Waals surface area (Å²) in [7, 11) is 1.61. The number of benzene rings is 2. The molecule has 0 fully saturated rings. The minimum Gasteiger partial charge on any atom is -0.508 e. The summed E-state index contributed by atoms with van der Waals surface area (Å²) in [5.41, 5.74) is 7.61. The number of aliphatic imine (C=N–C) groups is 1. The minimum absolute atomic E-state index is 0.236. The third kappa shape index (κ3) is 3.91. The molecule has 2 aromatic carbocycles. The first-order chi connectivity index (χ1) is 9.67. The smallest absolute Gasteiger partial charge is 0.193 e. The minimum atomic E-state index is 0.236. The molecule has 5 nitrogen and oxygen atoms in total. The van der Waals surface area contributed by atoms with E-state index in [9.17, 15) is 5.11 Å². The number of hydrogen-bond acceptors (Lipinski definition) is 3. The first-order valence-corrected chi connectivity index (χ1v) is 6.16. The number of nitrogens with one attached hydrogen (secondary N) is 1. The Morgan fingerprint density at radius 1 is 1.25 bits per heavy atom. The topological polar surface area (TPSA) is 79.9 Å². The molecule has 0 bridgehead atoms. The summed E-state index contributed by atoms with van der Waals surface area (Å²) in [6.45, 7) is 0.448. The Labute approximate surface area is 117 Å². The molecule has 0 aliphatic heterocycles. The highest BCUT2D eigenvalue weighted by Gasteiger charge is 1.98. The fourth-order valence-corrected chi connectivity index (χ4v) is 1.67. The van der Waals surface area contributed by atoms with E-state index in [2.05, 4.69) is 10.3 Å². The van der Waals surface area contributed by atoms with Crippen LogP contribution in [0.25, 0.3) is 0 Å². The number of nitrogens with zero attached hydrogens (tertiary/aromatic N) is 1. The van der Waals surface area contributed by atoms with Gasteiger partial charge in [-0.2, -0.15) is 0 Å². The molecule has 4 N–H and O–H groups in total. The first kappa shape index (κ1) is 13.7. The predicted molar refractivity (Wildman–Crippen MR) is 80.0 cm³/mol. The fraction of sp³-hybridized carbons (Fsp3) is 0.133. The molecule has 2 rings (SSSR count). The van der Waals surface area contributed by atoms with Crippen LogP contribution in [0.15, 0.2) is 53.5 Å². The van der Waals surface area contributed by atoms with Crippen LogP contribution >= 0.6 is 0 Å². The van der Waals surface area contributed by atoms with E-state index in [0.29, 0.717) is 12.5 Å². The molecule has 0 aliphatic rings. The fourth-order valence-electron chi connectivity index (χ4n) is 1.67. The highest BCUT2D eigenvalue weighted by atomic mass is 16.5. The summed E-state index contributed by atoms with van der Waals surface area (Å²) >= 11 is 0. The average Bonchev–Trinajstić information content (AvgIpc) is 2.47. The van der Waals surface area contributed by atoms with Gasteiger partial charge in [0.1, 0.15) is 11.5 Å². The molecular formula is C15H17N3O2. The third-order valence-corrected chi connectivity index (χ3v) is 2.71. The van der Waals surface area contributed by atoms with Crippen molar-refractivity contribution < 1.29 is 9.84 Å². The molecule has 0 saturated carbocycles. The summed E-state index contributed by atoms with van der Waals surface area (Å²) in [4.78, 5) is 4.24. The monoisotopic (exact) mass is 271 g/mol. The van der Waals surface area contributed by atoms with E-state index >= 15 is 0 Å². The Morgan fingerprint density at radius 3 is 2.70 bits per heavy atom. The quantitative estimate of drug-likeness (QED) is 0.589. The average molecular weight is 271 g/mol. The number of ether oxygens (including phenoxy) is 1. The molecule has 20 heavy (non-hydrogen) atoms. The van der Waals surface area contributed by atoms with E-state index in [1.165, 1.54) is 0 Å². The lowest BCUT2D eigenvalue weighted by Gasteiger charge is -2.07. The number of methoxy groups -OCH3 is 1. The number of guanidine groups is 1. The van der Waals surface area contributed by atoms with E-state index in [1.54, 1.807) is 31.4 Å². The summed E-state index contributed by atoms with van der Waals surface area (Å²) in [5.74, 6) is 1.31. The van der Waals surface area contributed by atoms with Gasteiger partial charge < -0.3 is 20.9 Å². The van der Waals surface area contributed by atoms with E-state index in [0.717, 1.165) is 17.0 Å². The van der Waals surface area contributed by atoms with Crippen LogP contribution in [0.3, 0.4) is 0 Å². The molecule has 0 aliphatic carbocycles. The van der Waals surface area contributed by atoms with E-state index in [-0.39, 0.29) is 5.75 Å². The lowest BCUT2D eigenvalue weighted by molar-refractivity contribution is 0.415. The van der Waals surface area contributed by atoms with Crippen molar-refractivity contribution in [1.29, 1.82) is 0 Å². The largest absolute Gasteiger partial charge is 0.508 e. The number of phenolic OH excluding ortho intramolecular Hbond substituents is 1. The van der Waals surface area contributed by atoms with E-state index in [4.69, 9.17) is 10.5 Å². The molecule has 0 atom stereocenters. The standard InChI is InChI=1S/C15H17N3O2/c1-20-14-4-2-3-12(9-14)18-15(16)17-10-11-5-7-13(19)8-6-11/h2-9,19H,10H2,1H3,(H3,16,17,18). The van der Waals surface area contributed by atoms with Gasteiger partial charge in [0, 0.05) is 11.8 Å². The maximum atomic E-state index is 9.19. The molecule has 0 spiro atoms. The number of nitrogens with two attached hydrogens (primary N) is 1. The molecule has 104 valence electrons. The molecule has 0 heterocycles. The molecule has 5 heteroatoms. The predicted octanol–water partition coefficient (Wildman–Crippen LogP) is 2.33. The van der Waals surface area contributed by atoms with E-state index < -0.39 is 0 Å². The maximum absolute atomic E-state index is 9.19. The lowest BCUT2D eigenvalue weighted by atomic mass is 10.2. The first-order valence-electron chi connectivity index (χ1n) is 6.16. The van der Waals surface area contributed by atoms with Crippen molar-refractivity contribution >= 4 is 11.6 Å². The highest BCUT2D eigenvalue weighted by Crippen LogP contribution is 2.16. The van der Waals surface area contributed by atoms with Crippen molar-refractivity contribution in [3.8, 4) is 11.5 Å². The Balaban J connectivity index is 1.98. The van der Waals surface area contributed by atoms with Gasteiger partial charge in [-0.25, -0.2) is 4.99 Å². The van der Waals surface area contributed by atoms with Crippen LogP contribution in [0, 0.1) is 0 Å². The zero-order valence-electron chi connectivity index (χ0n) is 11.2. The van der Waals surface area contributed by atoms with Crippen molar-refractivity contribution in [3.63, 3.8) is 0 Å². The molecule has 0 saturated heterocycles. The van der Waals surface area contributed by atoms with Crippen molar-refractivity contribution in [2.75, 3.05) is 12.4 Å². The molecule has 0 radical (unpaired) electrons. The summed E-state index contributed by atoms with van der Waals surface area (Å²) in [6, 6.07) is 14.3. The Kier molecular flexibility index (Phi) is 4.44. The third-order valence-electron chi connectivity index (χ3n) is 2.71. The Bertz CT molecular complexity index is 594. The number of anilines is 1. The van der Waals surface area contributed by atoms with Crippen LogP contribution in [0.2, 0.25) is 0 Å². The molecule has 0 unspecified atom stereocenters. The van der Waals surface area contributed by atoms with Gasteiger partial charge in [0.05, 0.1) is 13.7 Å². The van der Waals surface area contributed by atoms with Gasteiger partial charge in [-0.05, 0) is 29.8 Å². The number of rotatable bonds is 4. The van der Waals surface area contributed by atoms with Gasteiger partial charge in [0.25, 0.3) is 0 Å². The van der Waals surface area contributed by atoms with Gasteiger partial charge in [0.2, 0.25) is 0 Å². The number of hydrogen-bond donors (Lipinski definition) is 3. The summed E-state index contributed by atoms with van der Waals surface area (Å²) < 4.78 is 5.13. The van der Waals surface area contributed by atoms with Crippen LogP contribution < -0.4 is 15.8 Å². The van der Waals surface area contributed by atoms with Crippen LogP contribution in [0.1, 0.15) is 5.56 Å². The zero-order valence-corrected chi connectivity index (χ0v) is 11.2. The zero-order chi connectivity index (χ0) is 14.4. The van der Waals surface area contributed by atoms with Crippen molar-refractivity contribution in [2.24, 2.45) is 10.7 Å². The second-order valence-electron chi connectivity index (χ2n) is 4.22. The van der Waals surface area contributed by atoms with Crippen LogP contribution in [-0.4, -0.2) is 18.2 Å². The van der Waals surface area contributed by atoms with Crippen molar-refractivity contribution in [1.82, 2.24) is 0 Å². The maximum Gasteiger partial charge on any atom is 0.193 e. The van der Waals surface area contributed by atoms with Crippen LogP contribution in [0.4, 0.5) is 5.69 Å².